The summed E-state index contributed by atoms with van der Waals surface area (Å²) < 4.78 is 12.3. The van der Waals surface area contributed by atoms with Gasteiger partial charge in [-0.2, -0.15) is 0 Å². The largest absolute Gasteiger partial charge is 0.361 e. The molecule has 2 nitrogen and oxygen atoms in total. The number of rotatable bonds is 4. The number of nitrogens with one attached hydrogen (secondary N) is 1. The normalized spacial score (nSPS) is 12.1. The molecular weight excluding hydrogens is 191 g/mol. The number of allylic oxidation sites excluding steroid dienone is 3. The van der Waals surface area contributed by atoms with Crippen molar-refractivity contribution in [1.29, 1.82) is 0 Å². The summed E-state index contributed by atoms with van der Waals surface area (Å²) in [5.74, 6) is -0.321. The van der Waals surface area contributed by atoms with Gasteiger partial charge in [0, 0.05) is 0 Å². The van der Waals surface area contributed by atoms with E-state index in [1.807, 2.05) is 26.8 Å². The van der Waals surface area contributed by atoms with E-state index in [-0.39, 0.29) is 5.83 Å². The first-order chi connectivity index (χ1) is 7.07. The Hall–Kier alpha value is -1.38. The molecule has 0 aliphatic rings. The first-order valence-corrected chi connectivity index (χ1v) is 5.01. The van der Waals surface area contributed by atoms with Crippen LogP contribution in [0.15, 0.2) is 41.6 Å². The average Bonchev–Trinajstić information content (AvgIpc) is 2.25. The number of aliphatic imine (C=N–C) groups is 1. The van der Waals surface area contributed by atoms with Gasteiger partial charge in [-0.1, -0.05) is 26.5 Å². The molecule has 0 radical (unpaired) electrons. The second kappa shape index (κ2) is 10.7. The van der Waals surface area contributed by atoms with Crippen LogP contribution in [-0.2, 0) is 0 Å². The maximum Gasteiger partial charge on any atom is 0.115 e. The first kappa shape index (κ1) is 16.1. The lowest BCUT2D eigenvalue weighted by Gasteiger charge is -2.02. The molecule has 0 bridgehead atoms. The van der Waals surface area contributed by atoms with E-state index in [0.717, 1.165) is 6.20 Å². The Balaban J connectivity index is 0. The second-order valence-corrected chi connectivity index (χ2v) is 2.55. The summed E-state index contributed by atoms with van der Waals surface area (Å²) in [5, 5.41) is 2.90. The highest BCUT2D eigenvalue weighted by Gasteiger charge is 1.93. The summed E-state index contributed by atoms with van der Waals surface area (Å²) >= 11 is 0. The molecule has 0 unspecified atom stereocenters. The molecule has 0 heterocycles. The second-order valence-electron chi connectivity index (χ2n) is 2.55. The van der Waals surface area contributed by atoms with E-state index in [1.165, 1.54) is 6.92 Å². The average molecular weight is 212 g/mol. The van der Waals surface area contributed by atoms with Gasteiger partial charge in [-0.05, 0) is 27.0 Å². The lowest BCUT2D eigenvalue weighted by atomic mass is 10.3. The van der Waals surface area contributed by atoms with E-state index in [1.54, 1.807) is 13.1 Å². The van der Waals surface area contributed by atoms with Crippen LogP contribution in [0.25, 0.3) is 0 Å². The van der Waals surface area contributed by atoms with Gasteiger partial charge in [0.1, 0.15) is 5.83 Å². The van der Waals surface area contributed by atoms with Gasteiger partial charge < -0.3 is 5.32 Å². The molecule has 0 aromatic carbocycles. The minimum absolute atomic E-state index is 0.321. The van der Waals surface area contributed by atoms with Crippen molar-refractivity contribution in [3.05, 3.63) is 36.6 Å². The predicted octanol–water partition coefficient (Wildman–Crippen LogP) is 3.94. The van der Waals surface area contributed by atoms with E-state index in [4.69, 9.17) is 0 Å². The first-order valence-electron chi connectivity index (χ1n) is 5.01. The maximum atomic E-state index is 12.3. The summed E-state index contributed by atoms with van der Waals surface area (Å²) in [6.07, 6.45) is 4.75. The molecule has 15 heavy (non-hydrogen) atoms. The monoisotopic (exact) mass is 212 g/mol. The van der Waals surface area contributed by atoms with Gasteiger partial charge in [0.15, 0.2) is 0 Å². The maximum absolute atomic E-state index is 12.3. The van der Waals surface area contributed by atoms with Crippen LogP contribution >= 0.6 is 0 Å². The molecule has 0 fully saturated rings. The molecular formula is C12H21FN2. The smallest absolute Gasteiger partial charge is 0.115 e. The molecule has 0 aromatic heterocycles. The van der Waals surface area contributed by atoms with Gasteiger partial charge >= 0.3 is 0 Å². The van der Waals surface area contributed by atoms with E-state index < -0.39 is 0 Å². The van der Waals surface area contributed by atoms with Gasteiger partial charge in [-0.3, -0.25) is 4.99 Å². The van der Waals surface area contributed by atoms with Crippen LogP contribution in [0, 0.1) is 0 Å². The molecule has 0 saturated carbocycles. The van der Waals surface area contributed by atoms with Crippen LogP contribution in [0.4, 0.5) is 4.39 Å². The molecule has 3 heteroatoms. The highest BCUT2D eigenvalue weighted by Crippen LogP contribution is 1.96. The number of hydrogen-bond acceptors (Lipinski definition) is 2. The summed E-state index contributed by atoms with van der Waals surface area (Å²) in [6.45, 7) is 12.7. The zero-order valence-corrected chi connectivity index (χ0v) is 10.3. The van der Waals surface area contributed by atoms with Crippen molar-refractivity contribution in [2.45, 2.75) is 34.6 Å². The Kier molecular flexibility index (Phi) is 11.5. The lowest BCUT2D eigenvalue weighted by molar-refractivity contribution is 0.637. The minimum Gasteiger partial charge on any atom is -0.361 e. The highest BCUT2D eigenvalue weighted by atomic mass is 19.1. The topological polar surface area (TPSA) is 24.4 Å². The van der Waals surface area contributed by atoms with Crippen LogP contribution < -0.4 is 5.32 Å². The quantitative estimate of drug-likeness (QED) is 0.701. The Labute approximate surface area is 92.3 Å². The number of halogens is 1. The molecule has 0 amide bonds. The van der Waals surface area contributed by atoms with Crippen molar-refractivity contribution in [3.8, 4) is 0 Å². The third kappa shape index (κ3) is 10.5. The fourth-order valence-electron chi connectivity index (χ4n) is 0.552. The summed E-state index contributed by atoms with van der Waals surface area (Å²) in [6, 6.07) is 0. The Bertz CT molecular complexity index is 259. The molecule has 86 valence electrons. The van der Waals surface area contributed by atoms with Gasteiger partial charge in [-0.25, -0.2) is 4.39 Å². The predicted molar refractivity (Wildman–Crippen MR) is 66.4 cm³/mol. The van der Waals surface area contributed by atoms with Gasteiger partial charge in [-0.15, -0.1) is 0 Å². The van der Waals surface area contributed by atoms with Crippen LogP contribution in [0.5, 0.6) is 0 Å². The summed E-state index contributed by atoms with van der Waals surface area (Å²) in [7, 11) is 0. The van der Waals surface area contributed by atoms with Crippen molar-refractivity contribution in [2.75, 3.05) is 0 Å². The highest BCUT2D eigenvalue weighted by molar-refractivity contribution is 5.97. The van der Waals surface area contributed by atoms with Crippen molar-refractivity contribution in [2.24, 2.45) is 4.99 Å². The standard InChI is InChI=1S/C10H15FN2.C2H6/c1-5-6-12-9(3)10(4)13-7-8(2)11;1-2/h5-7,12H,3H2,1-2,4H3;1-2H3/b6-5-,8-7+,13-10?;. The Morgan fingerprint density at radius 2 is 1.87 bits per heavy atom. The van der Waals surface area contributed by atoms with E-state index in [2.05, 4.69) is 16.9 Å². The van der Waals surface area contributed by atoms with Crippen LogP contribution in [0.3, 0.4) is 0 Å². The summed E-state index contributed by atoms with van der Waals surface area (Å²) in [4.78, 5) is 3.86. The minimum atomic E-state index is -0.321. The van der Waals surface area contributed by atoms with Crippen LogP contribution in [0.1, 0.15) is 34.6 Å². The molecule has 0 aromatic rings. The fraction of sp³-hybridized carbons (Fsp3) is 0.417. The zero-order chi connectivity index (χ0) is 12.3. The molecule has 0 aliphatic carbocycles. The Morgan fingerprint density at radius 1 is 1.33 bits per heavy atom. The molecule has 0 rings (SSSR count). The molecule has 0 saturated heterocycles. The van der Waals surface area contributed by atoms with Crippen molar-refractivity contribution in [1.82, 2.24) is 5.32 Å². The van der Waals surface area contributed by atoms with Crippen molar-refractivity contribution >= 4 is 5.71 Å². The van der Waals surface area contributed by atoms with Gasteiger partial charge in [0.05, 0.1) is 17.6 Å². The lowest BCUT2D eigenvalue weighted by Crippen LogP contribution is -2.10. The van der Waals surface area contributed by atoms with Gasteiger partial charge in [0.2, 0.25) is 0 Å². The third-order valence-electron chi connectivity index (χ3n) is 1.30. The van der Waals surface area contributed by atoms with Crippen molar-refractivity contribution in [3.63, 3.8) is 0 Å². The summed E-state index contributed by atoms with van der Waals surface area (Å²) in [5.41, 5.74) is 1.32. The zero-order valence-electron chi connectivity index (χ0n) is 10.3. The van der Waals surface area contributed by atoms with E-state index >= 15 is 0 Å². The van der Waals surface area contributed by atoms with Crippen LogP contribution in [0.2, 0.25) is 0 Å². The number of hydrogen-bond donors (Lipinski definition) is 1. The van der Waals surface area contributed by atoms with E-state index in [9.17, 15) is 4.39 Å². The van der Waals surface area contributed by atoms with Crippen molar-refractivity contribution < 1.29 is 4.39 Å². The van der Waals surface area contributed by atoms with E-state index in [0.29, 0.717) is 11.4 Å². The number of nitrogens with zero attached hydrogens (tertiary/aromatic N) is 1. The fourth-order valence-corrected chi connectivity index (χ4v) is 0.552. The molecule has 1 N–H and O–H groups in total. The molecule has 0 atom stereocenters. The SMILES string of the molecule is C=C(N/C=C\C)C(C)=N/C=C(\C)F.CC. The molecule has 0 spiro atoms. The third-order valence-corrected chi connectivity index (χ3v) is 1.30. The molecule has 0 aliphatic heterocycles. The Morgan fingerprint density at radius 3 is 2.27 bits per heavy atom. The van der Waals surface area contributed by atoms with Gasteiger partial charge in [0.25, 0.3) is 0 Å². The van der Waals surface area contributed by atoms with Crippen LogP contribution in [-0.4, -0.2) is 5.71 Å².